The van der Waals surface area contributed by atoms with Gasteiger partial charge in [-0.05, 0) is 111 Å². The van der Waals surface area contributed by atoms with Crippen LogP contribution in [-0.2, 0) is 0 Å². The Bertz CT molecular complexity index is 2710. The standard InChI is InChI=1S/C48H35NO.C4H8/c1-4-13-37-32(5-2)25-29-45-48(37)42-30-36(26-28-44(42)50-45)34-23-21-33(22-24-34)31(3)20-27-43(49)47-40-18-11-9-16-38(40)46(35-14-7-6-8-15-35)39-17-10-12-19-41(39)47;1-3-4-2/h4-30,49H,2-3H2,1H3;3-4H,1-2H3/b13-4-,27-20-,49-43?;4-3-. The molecule has 1 N–H and O–H groups in total. The van der Waals surface area contributed by atoms with Crippen molar-refractivity contribution in [2.45, 2.75) is 20.8 Å². The fourth-order valence-corrected chi connectivity index (χ4v) is 7.19. The van der Waals surface area contributed by atoms with E-state index in [1.807, 2.05) is 63.3 Å². The molecule has 2 heteroatoms. The van der Waals surface area contributed by atoms with Crippen molar-refractivity contribution < 1.29 is 4.42 Å². The highest BCUT2D eigenvalue weighted by atomic mass is 16.3. The van der Waals surface area contributed by atoms with Gasteiger partial charge in [-0.1, -0.05) is 165 Å². The maximum absolute atomic E-state index is 9.30. The van der Waals surface area contributed by atoms with E-state index < -0.39 is 0 Å². The third kappa shape index (κ3) is 6.78. The minimum absolute atomic E-state index is 0.451. The van der Waals surface area contributed by atoms with E-state index in [4.69, 9.17) is 4.42 Å². The second-order valence-corrected chi connectivity index (χ2v) is 13.2. The largest absolute Gasteiger partial charge is 0.456 e. The fourth-order valence-electron chi connectivity index (χ4n) is 7.19. The van der Waals surface area contributed by atoms with E-state index in [0.29, 0.717) is 5.71 Å². The van der Waals surface area contributed by atoms with Gasteiger partial charge in [-0.3, -0.25) is 0 Å². The van der Waals surface area contributed by atoms with Crippen LogP contribution in [0.4, 0.5) is 0 Å². The van der Waals surface area contributed by atoms with Crippen molar-refractivity contribution in [3.8, 4) is 22.3 Å². The molecule has 0 fully saturated rings. The molecule has 0 aliphatic heterocycles. The quantitative estimate of drug-likeness (QED) is 0.0730. The number of hydrogen-bond donors (Lipinski definition) is 1. The van der Waals surface area contributed by atoms with Gasteiger partial charge < -0.3 is 9.83 Å². The lowest BCUT2D eigenvalue weighted by Gasteiger charge is -2.17. The predicted octanol–water partition coefficient (Wildman–Crippen LogP) is 15.1. The molecule has 0 radical (unpaired) electrons. The summed E-state index contributed by atoms with van der Waals surface area (Å²) >= 11 is 0. The van der Waals surface area contributed by atoms with Crippen molar-refractivity contribution in [2.24, 2.45) is 0 Å². The maximum Gasteiger partial charge on any atom is 0.136 e. The third-order valence-corrected chi connectivity index (χ3v) is 9.90. The van der Waals surface area contributed by atoms with Crippen molar-refractivity contribution in [3.63, 3.8) is 0 Å². The van der Waals surface area contributed by atoms with Gasteiger partial charge >= 0.3 is 0 Å². The van der Waals surface area contributed by atoms with Crippen LogP contribution in [-0.4, -0.2) is 5.71 Å². The molecule has 7 aromatic carbocycles. The van der Waals surface area contributed by atoms with Crippen LogP contribution in [0.25, 0.3) is 83.5 Å². The third-order valence-electron chi connectivity index (χ3n) is 9.90. The van der Waals surface area contributed by atoms with Gasteiger partial charge in [0.1, 0.15) is 11.2 Å². The molecule has 0 saturated heterocycles. The molecule has 8 rings (SSSR count). The average molecular weight is 698 g/mol. The van der Waals surface area contributed by atoms with Crippen LogP contribution < -0.4 is 0 Å². The van der Waals surface area contributed by atoms with E-state index in [9.17, 15) is 5.41 Å². The first-order valence-corrected chi connectivity index (χ1v) is 18.3. The molecule has 0 saturated carbocycles. The fraction of sp³-hybridized carbons (Fsp3) is 0.0577. The highest BCUT2D eigenvalue weighted by Crippen LogP contribution is 2.40. The molecule has 262 valence electrons. The lowest BCUT2D eigenvalue weighted by Crippen LogP contribution is -2.00. The summed E-state index contributed by atoms with van der Waals surface area (Å²) in [4.78, 5) is 0. The first kappa shape index (κ1) is 35.6. The molecule has 0 amide bonds. The van der Waals surface area contributed by atoms with Crippen LogP contribution >= 0.6 is 0 Å². The Morgan fingerprint density at radius 1 is 0.574 bits per heavy atom. The summed E-state index contributed by atoms with van der Waals surface area (Å²) in [6, 6.07) is 46.3. The maximum atomic E-state index is 9.30. The summed E-state index contributed by atoms with van der Waals surface area (Å²) in [5.74, 6) is 0. The Kier molecular flexibility index (Phi) is 10.5. The van der Waals surface area contributed by atoms with E-state index in [1.165, 1.54) is 11.1 Å². The van der Waals surface area contributed by atoms with Crippen molar-refractivity contribution in [1.29, 1.82) is 5.41 Å². The molecule has 1 heterocycles. The minimum Gasteiger partial charge on any atom is -0.456 e. The molecule has 8 aromatic rings. The van der Waals surface area contributed by atoms with Gasteiger partial charge in [0.15, 0.2) is 0 Å². The van der Waals surface area contributed by atoms with Crippen molar-refractivity contribution in [3.05, 3.63) is 199 Å². The molecular weight excluding hydrogens is 655 g/mol. The summed E-state index contributed by atoms with van der Waals surface area (Å²) in [7, 11) is 0. The zero-order valence-corrected chi connectivity index (χ0v) is 31.1. The molecule has 0 bridgehead atoms. The number of hydrogen-bond acceptors (Lipinski definition) is 2. The monoisotopic (exact) mass is 697 g/mol. The Morgan fingerprint density at radius 3 is 1.78 bits per heavy atom. The first-order chi connectivity index (χ1) is 26.5. The number of nitrogens with one attached hydrogen (secondary N) is 1. The number of rotatable bonds is 8. The normalized spacial score (nSPS) is 11.6. The van der Waals surface area contributed by atoms with E-state index in [-0.39, 0.29) is 0 Å². The summed E-state index contributed by atoms with van der Waals surface area (Å²) < 4.78 is 6.23. The lowest BCUT2D eigenvalue weighted by atomic mass is 9.86. The van der Waals surface area contributed by atoms with Crippen LogP contribution in [0.5, 0.6) is 0 Å². The van der Waals surface area contributed by atoms with Gasteiger partial charge in [0.05, 0.1) is 5.71 Å². The minimum atomic E-state index is 0.451. The van der Waals surface area contributed by atoms with Crippen LogP contribution in [0, 0.1) is 5.41 Å². The Balaban J connectivity index is 0.00000107. The van der Waals surface area contributed by atoms with E-state index in [2.05, 4.69) is 147 Å². The highest BCUT2D eigenvalue weighted by Gasteiger charge is 2.17. The van der Waals surface area contributed by atoms with Crippen LogP contribution in [0.1, 0.15) is 43.0 Å². The summed E-state index contributed by atoms with van der Waals surface area (Å²) in [5, 5.41) is 15.9. The Labute approximate surface area is 317 Å². The van der Waals surface area contributed by atoms with Crippen LogP contribution in [0.2, 0.25) is 0 Å². The van der Waals surface area contributed by atoms with Crippen molar-refractivity contribution in [2.75, 3.05) is 0 Å². The second-order valence-electron chi connectivity index (χ2n) is 13.2. The van der Waals surface area contributed by atoms with Crippen molar-refractivity contribution >= 4 is 66.9 Å². The van der Waals surface area contributed by atoms with E-state index >= 15 is 0 Å². The SMILES string of the molecule is C/C=C\C.C=Cc1ccc2oc3ccc(-c4ccc(C(=C)/C=C\C(=N)c5c6ccccc6c(-c6ccccc6)c6ccccc56)cc4)cc3c2c1/C=C\C. The van der Waals surface area contributed by atoms with E-state index in [1.54, 1.807) is 0 Å². The molecular formula is C52H43NO. The van der Waals surface area contributed by atoms with Gasteiger partial charge in [-0.2, -0.15) is 0 Å². The second kappa shape index (κ2) is 15.9. The van der Waals surface area contributed by atoms with Gasteiger partial charge in [0.25, 0.3) is 0 Å². The summed E-state index contributed by atoms with van der Waals surface area (Å²) in [6.07, 6.45) is 13.9. The topological polar surface area (TPSA) is 37.0 Å². The number of furan rings is 1. The van der Waals surface area contributed by atoms with Crippen LogP contribution in [0.15, 0.2) is 181 Å². The van der Waals surface area contributed by atoms with Gasteiger partial charge in [0, 0.05) is 16.3 Å². The van der Waals surface area contributed by atoms with Crippen LogP contribution in [0.3, 0.4) is 0 Å². The number of allylic oxidation sites excluding steroid dienone is 6. The van der Waals surface area contributed by atoms with E-state index in [0.717, 1.165) is 82.4 Å². The van der Waals surface area contributed by atoms with Gasteiger partial charge in [0.2, 0.25) is 0 Å². The molecule has 54 heavy (non-hydrogen) atoms. The molecule has 1 aromatic heterocycles. The Hall–Kier alpha value is -6.77. The predicted molar refractivity (Wildman–Crippen MR) is 236 cm³/mol. The highest BCUT2D eigenvalue weighted by molar-refractivity contribution is 6.28. The molecule has 2 nitrogen and oxygen atoms in total. The molecule has 0 atom stereocenters. The molecule has 0 aliphatic carbocycles. The van der Waals surface area contributed by atoms with Gasteiger partial charge in [-0.15, -0.1) is 0 Å². The molecule has 0 spiro atoms. The molecule has 0 unspecified atom stereocenters. The zero-order chi connectivity index (χ0) is 37.6. The number of fused-ring (bicyclic) bond motifs is 5. The van der Waals surface area contributed by atoms with Crippen molar-refractivity contribution in [1.82, 2.24) is 0 Å². The van der Waals surface area contributed by atoms with Gasteiger partial charge in [-0.25, -0.2) is 0 Å². The Morgan fingerprint density at radius 2 is 1.17 bits per heavy atom. The zero-order valence-electron chi connectivity index (χ0n) is 31.1. The number of benzene rings is 7. The lowest BCUT2D eigenvalue weighted by molar-refractivity contribution is 0.669. The smallest absolute Gasteiger partial charge is 0.136 e. The molecule has 0 aliphatic rings. The summed E-state index contributed by atoms with van der Waals surface area (Å²) in [6.45, 7) is 14.4. The summed E-state index contributed by atoms with van der Waals surface area (Å²) in [5.41, 5.74) is 11.8. The average Bonchev–Trinajstić information content (AvgIpc) is 3.60. The first-order valence-electron chi connectivity index (χ1n) is 18.3.